The van der Waals surface area contributed by atoms with Gasteiger partial charge in [-0.05, 0) is 156 Å². The molecule has 15 nitrogen and oxygen atoms in total. The van der Waals surface area contributed by atoms with Crippen molar-refractivity contribution in [2.75, 3.05) is 0 Å². The molecule has 678 valence electrons. The molecule has 144 heavy (non-hydrogen) atoms. The second kappa shape index (κ2) is 42.5. The number of pyridine rings is 6. The first-order chi connectivity index (χ1) is 71.3. The van der Waals surface area contributed by atoms with Gasteiger partial charge in [0.05, 0.1) is 22.8 Å². The largest absolute Gasteiger partial charge is 0.265 e. The first-order valence-corrected chi connectivity index (χ1v) is 47.5. The number of hydrogen-bond donors (Lipinski definition) is 0. The fraction of sp³-hybridized carbons (Fsp3) is 0. The maximum Gasteiger partial charge on any atom is 0.164 e. The molecule has 0 N–H and O–H groups in total. The van der Waals surface area contributed by atoms with Gasteiger partial charge in [0, 0.05) is 127 Å². The number of nitrogens with zero attached hydrogens (tertiary/aromatic N) is 15. The zero-order valence-electron chi connectivity index (χ0n) is 77.9. The summed E-state index contributed by atoms with van der Waals surface area (Å²) < 4.78 is 0. The van der Waals surface area contributed by atoms with E-state index in [1.54, 1.807) is 24.8 Å². The molecule has 0 aliphatic carbocycles. The van der Waals surface area contributed by atoms with Gasteiger partial charge >= 0.3 is 0 Å². The Balaban J connectivity index is 0.000000123. The summed E-state index contributed by atoms with van der Waals surface area (Å²) in [7, 11) is 0. The van der Waals surface area contributed by atoms with Crippen LogP contribution in [-0.2, 0) is 0 Å². The minimum atomic E-state index is 0.630. The van der Waals surface area contributed by atoms with E-state index in [-0.39, 0.29) is 0 Å². The van der Waals surface area contributed by atoms with E-state index >= 15 is 0 Å². The maximum absolute atomic E-state index is 4.95. The van der Waals surface area contributed by atoms with Gasteiger partial charge in [-0.25, -0.2) is 44.9 Å². The minimum absolute atomic E-state index is 0.630. The van der Waals surface area contributed by atoms with Crippen molar-refractivity contribution >= 4 is 0 Å². The summed E-state index contributed by atoms with van der Waals surface area (Å²) in [6.07, 6.45) is 14.7. The van der Waals surface area contributed by atoms with Gasteiger partial charge in [-0.15, -0.1) is 0 Å². The summed E-state index contributed by atoms with van der Waals surface area (Å²) in [6, 6.07) is 163. The molecule has 0 bridgehead atoms. The molecule has 0 unspecified atom stereocenters. The van der Waals surface area contributed by atoms with Crippen LogP contribution < -0.4 is 0 Å². The predicted octanol–water partition coefficient (Wildman–Crippen LogP) is 31.0. The van der Waals surface area contributed by atoms with Gasteiger partial charge in [-0.3, -0.25) is 29.9 Å². The lowest BCUT2D eigenvalue weighted by Crippen LogP contribution is -2.00. The molecule has 0 radical (unpaired) electrons. The number of aromatic nitrogens is 15. The Kier molecular flexibility index (Phi) is 26.4. The molecule has 0 aliphatic heterocycles. The zero-order valence-corrected chi connectivity index (χ0v) is 77.9. The van der Waals surface area contributed by atoms with E-state index in [0.717, 1.165) is 167 Å². The molecule has 15 aromatic carbocycles. The normalized spacial score (nSPS) is 10.9. The van der Waals surface area contributed by atoms with Crippen LogP contribution in [0.4, 0.5) is 0 Å². The van der Waals surface area contributed by atoms with E-state index in [4.69, 9.17) is 49.8 Å². The topological polar surface area (TPSA) is 193 Å². The van der Waals surface area contributed by atoms with Crippen molar-refractivity contribution in [1.29, 1.82) is 0 Å². The Hall–Kier alpha value is -19.8. The van der Waals surface area contributed by atoms with E-state index in [2.05, 4.69) is 340 Å². The van der Waals surface area contributed by atoms with Crippen LogP contribution in [0, 0.1) is 0 Å². The van der Waals surface area contributed by atoms with Gasteiger partial charge in [0.2, 0.25) is 0 Å². The zero-order chi connectivity index (χ0) is 96.4. The number of benzene rings is 15. The third-order valence-electron chi connectivity index (χ3n) is 24.9. The first kappa shape index (κ1) is 89.4. The Labute approximate surface area is 834 Å². The summed E-state index contributed by atoms with van der Waals surface area (Å²) in [5, 5.41) is 0. The van der Waals surface area contributed by atoms with E-state index < -0.39 is 0 Å². The molecule has 9 aromatic heterocycles. The molecule has 0 spiro atoms. The third kappa shape index (κ3) is 21.0. The summed E-state index contributed by atoms with van der Waals surface area (Å²) >= 11 is 0. The average molecular weight is 1850 g/mol. The lowest BCUT2D eigenvalue weighted by molar-refractivity contribution is 1.07. The molecule has 0 saturated carbocycles. The van der Waals surface area contributed by atoms with Crippen LogP contribution in [0.2, 0.25) is 0 Å². The lowest BCUT2D eigenvalue weighted by Gasteiger charge is -2.10. The summed E-state index contributed by atoms with van der Waals surface area (Å²) in [6.45, 7) is 0. The van der Waals surface area contributed by atoms with Gasteiger partial charge in [0.1, 0.15) is 0 Å². The fourth-order valence-electron chi connectivity index (χ4n) is 17.2. The molecule has 15 heteroatoms. The third-order valence-corrected chi connectivity index (χ3v) is 24.9. The van der Waals surface area contributed by atoms with Gasteiger partial charge in [0.25, 0.3) is 0 Å². The standard InChI is InChI=1S/3C43H29N5/c1-3-9-30(10-4-1)31-16-20-34(21-17-31)42-46-41(33-11-5-2-6-12-33)47-43(48-42)35-22-18-32(19-23-35)36-13-7-14-37(27-36)38-24-25-40(45-29-38)39-15-8-26-44-28-39;1-3-10-30(11-4-1)31-17-21-34(22-18-31)42-46-41(33-12-5-2-6-13-33)47-43(48-42)35-23-19-32(20-24-35)36-14-9-15-37(28-36)38-25-26-40(45-29-38)39-16-7-8-27-44-39;1-3-8-30(9-4-1)31-14-18-35(19-15-31)42-46-41(34-10-5-2-6-11-34)47-43(48-42)36-20-16-32(17-21-36)37-12-7-13-38(28-37)39-22-23-40(45-29-39)33-24-26-44-27-25-33/h3*1-29H. The molecule has 0 fully saturated rings. The van der Waals surface area contributed by atoms with E-state index in [9.17, 15) is 0 Å². The number of hydrogen-bond acceptors (Lipinski definition) is 15. The summed E-state index contributed by atoms with van der Waals surface area (Å²) in [4.78, 5) is 71.1. The number of rotatable bonds is 21. The highest BCUT2D eigenvalue weighted by Gasteiger charge is 2.20. The Bertz CT molecular complexity index is 7660. The van der Waals surface area contributed by atoms with Crippen LogP contribution in [0.3, 0.4) is 0 Å². The van der Waals surface area contributed by atoms with Gasteiger partial charge in [0.15, 0.2) is 52.4 Å². The first-order valence-electron chi connectivity index (χ1n) is 47.5. The van der Waals surface area contributed by atoms with Crippen LogP contribution in [0.15, 0.2) is 529 Å². The predicted molar refractivity (Wildman–Crippen MR) is 580 cm³/mol. The highest BCUT2D eigenvalue weighted by atomic mass is 15.1. The molecule has 0 aliphatic rings. The Morgan fingerprint density at radius 2 is 0.306 bits per heavy atom. The van der Waals surface area contributed by atoms with Gasteiger partial charge in [-0.2, -0.15) is 0 Å². The molecule has 24 aromatic rings. The molecule has 9 heterocycles. The highest BCUT2D eigenvalue weighted by Crippen LogP contribution is 2.38. The molecule has 0 saturated heterocycles. The molecule has 0 amide bonds. The van der Waals surface area contributed by atoms with Crippen molar-refractivity contribution in [3.63, 3.8) is 0 Å². The van der Waals surface area contributed by atoms with E-state index in [1.807, 2.05) is 189 Å². The summed E-state index contributed by atoms with van der Waals surface area (Å²) in [5.41, 5.74) is 34.1. The second-order valence-electron chi connectivity index (χ2n) is 34.3. The van der Waals surface area contributed by atoms with Crippen molar-refractivity contribution < 1.29 is 0 Å². The lowest BCUT2D eigenvalue weighted by atomic mass is 9.98. The van der Waals surface area contributed by atoms with Gasteiger partial charge < -0.3 is 0 Å². The van der Waals surface area contributed by atoms with Crippen molar-refractivity contribution in [3.8, 4) is 237 Å². The van der Waals surface area contributed by atoms with Crippen LogP contribution in [0.5, 0.6) is 0 Å². The van der Waals surface area contributed by atoms with Crippen LogP contribution in [0.1, 0.15) is 0 Å². The SMILES string of the molecule is c1ccc(-c2ccc(-c3nc(-c4ccccc4)nc(-c4ccc(-c5cccc(-c6ccc(-c7ccccn7)nc6)c5)cc4)n3)cc2)cc1.c1ccc(-c2ccc(-c3nc(-c4ccccc4)nc(-c4ccc(-c5cccc(-c6ccc(-c7cccnc7)nc6)c5)cc4)n3)cc2)cc1.c1ccc(-c2ccc(-c3nc(-c4ccccc4)nc(-c4ccc(-c5cccc(-c6ccc(-c7ccncc7)nc6)c5)cc4)n3)cc2)cc1. The van der Waals surface area contributed by atoms with Crippen molar-refractivity contribution in [2.24, 2.45) is 0 Å². The van der Waals surface area contributed by atoms with Gasteiger partial charge in [-0.1, -0.05) is 406 Å². The fourth-order valence-corrected chi connectivity index (χ4v) is 17.2. The quantitative estimate of drug-likeness (QED) is 0.0659. The monoisotopic (exact) mass is 1850 g/mol. The molecular formula is C129H87N15. The van der Waals surface area contributed by atoms with Crippen LogP contribution in [-0.4, -0.2) is 74.8 Å². The smallest absolute Gasteiger partial charge is 0.164 e. The summed E-state index contributed by atoms with van der Waals surface area (Å²) in [5.74, 6) is 5.73. The average Bonchev–Trinajstić information content (AvgIpc) is 0.796. The molecule has 24 rings (SSSR count). The van der Waals surface area contributed by atoms with Crippen molar-refractivity contribution in [3.05, 3.63) is 529 Å². The van der Waals surface area contributed by atoms with Crippen LogP contribution in [0.25, 0.3) is 237 Å². The minimum Gasteiger partial charge on any atom is -0.265 e. The Morgan fingerprint density at radius 3 is 0.562 bits per heavy atom. The van der Waals surface area contributed by atoms with Crippen LogP contribution >= 0.6 is 0 Å². The van der Waals surface area contributed by atoms with E-state index in [1.165, 1.54) is 16.7 Å². The maximum atomic E-state index is 4.95. The molecule has 0 atom stereocenters. The second-order valence-corrected chi connectivity index (χ2v) is 34.3. The highest BCUT2D eigenvalue weighted by molar-refractivity contribution is 5.82. The Morgan fingerprint density at radius 1 is 0.0972 bits per heavy atom. The van der Waals surface area contributed by atoms with Crippen molar-refractivity contribution in [2.45, 2.75) is 0 Å². The van der Waals surface area contributed by atoms with E-state index in [0.29, 0.717) is 52.4 Å². The molecular weight excluding hydrogens is 1760 g/mol. The van der Waals surface area contributed by atoms with Crippen molar-refractivity contribution in [1.82, 2.24) is 74.8 Å².